The smallest absolute Gasteiger partial charge is 0.408 e. The Morgan fingerprint density at radius 1 is 1.22 bits per heavy atom. The summed E-state index contributed by atoms with van der Waals surface area (Å²) in [6.45, 7) is 2.01. The molecule has 3 rings (SSSR count). The molecular weight excluding hydrogens is 457 g/mol. The van der Waals surface area contributed by atoms with Gasteiger partial charge in [0.15, 0.2) is 0 Å². The zero-order valence-corrected chi connectivity index (χ0v) is 19.0. The Balaban J connectivity index is 0.000000336. The van der Waals surface area contributed by atoms with E-state index >= 15 is 0 Å². The van der Waals surface area contributed by atoms with Crippen LogP contribution in [0.2, 0.25) is 10.0 Å². The summed E-state index contributed by atoms with van der Waals surface area (Å²) in [5.41, 5.74) is 6.79. The summed E-state index contributed by atoms with van der Waals surface area (Å²) >= 11 is 11.2. The number of hydrogen-bond donors (Lipinski definition) is 3. The van der Waals surface area contributed by atoms with Crippen molar-refractivity contribution in [3.63, 3.8) is 0 Å². The van der Waals surface area contributed by atoms with Gasteiger partial charge in [-0.15, -0.1) is 0 Å². The number of carboxylic acid groups (broad SMARTS) is 1. The number of nitrogens with two attached hydrogens (primary N) is 1. The highest BCUT2D eigenvalue weighted by molar-refractivity contribution is 6.36. The van der Waals surface area contributed by atoms with Crippen molar-refractivity contribution in [1.82, 2.24) is 10.2 Å². The lowest BCUT2D eigenvalue weighted by Crippen LogP contribution is -2.50. The van der Waals surface area contributed by atoms with Crippen LogP contribution in [0.1, 0.15) is 25.3 Å². The standard InChI is InChI=1S/C16H20N2O5.C6H5Cl2N/c1-11(14(19)18-9-5-8-13(18)15(20)21)17-16(22)23-10-12-6-3-2-4-7-12;7-4-1-2-6(9)5(8)3-4/h2-4,6-7,11,13H,5,8-10H2,1H3,(H,17,22)(H,20,21);1-3H,9H2/t11-,13-;/m0./s1. The fourth-order valence-corrected chi connectivity index (χ4v) is 3.45. The van der Waals surface area contributed by atoms with Crippen LogP contribution in [0, 0.1) is 0 Å². The molecule has 0 aromatic heterocycles. The predicted molar refractivity (Wildman–Crippen MR) is 122 cm³/mol. The molecule has 4 N–H and O–H groups in total. The van der Waals surface area contributed by atoms with Crippen molar-refractivity contribution in [3.8, 4) is 0 Å². The zero-order valence-electron chi connectivity index (χ0n) is 17.5. The van der Waals surface area contributed by atoms with Crippen molar-refractivity contribution >= 4 is 46.9 Å². The van der Waals surface area contributed by atoms with Gasteiger partial charge in [0.2, 0.25) is 5.91 Å². The molecule has 0 unspecified atom stereocenters. The lowest BCUT2D eigenvalue weighted by molar-refractivity contribution is -0.148. The van der Waals surface area contributed by atoms with Gasteiger partial charge in [0.25, 0.3) is 0 Å². The second kappa shape index (κ2) is 12.2. The van der Waals surface area contributed by atoms with Gasteiger partial charge in [-0.3, -0.25) is 4.79 Å². The average Bonchev–Trinajstić information content (AvgIpc) is 3.26. The SMILES string of the molecule is C[C@H](NC(=O)OCc1ccccc1)C(=O)N1CCC[C@H]1C(=O)O.Nc1ccc(Cl)cc1Cl. The second-order valence-electron chi connectivity index (χ2n) is 7.12. The van der Waals surface area contributed by atoms with Crippen molar-refractivity contribution in [2.24, 2.45) is 0 Å². The van der Waals surface area contributed by atoms with Crippen LogP contribution in [-0.4, -0.2) is 46.6 Å². The summed E-state index contributed by atoms with van der Waals surface area (Å²) < 4.78 is 5.05. The maximum absolute atomic E-state index is 12.3. The number of carbonyl (C=O) groups excluding carboxylic acids is 2. The monoisotopic (exact) mass is 481 g/mol. The van der Waals surface area contributed by atoms with Crippen molar-refractivity contribution in [3.05, 3.63) is 64.1 Å². The maximum Gasteiger partial charge on any atom is 0.408 e. The number of benzene rings is 2. The van der Waals surface area contributed by atoms with Crippen LogP contribution in [0.15, 0.2) is 48.5 Å². The van der Waals surface area contributed by atoms with Gasteiger partial charge in [0, 0.05) is 11.6 Å². The Bertz CT molecular complexity index is 942. The minimum absolute atomic E-state index is 0.106. The number of aliphatic carboxylic acids is 1. The van der Waals surface area contributed by atoms with Crippen molar-refractivity contribution in [2.75, 3.05) is 12.3 Å². The lowest BCUT2D eigenvalue weighted by Gasteiger charge is -2.25. The Kier molecular flexibility index (Phi) is 9.61. The number of rotatable bonds is 5. The van der Waals surface area contributed by atoms with E-state index in [4.69, 9.17) is 38.8 Å². The molecule has 32 heavy (non-hydrogen) atoms. The number of anilines is 1. The summed E-state index contributed by atoms with van der Waals surface area (Å²) in [5.74, 6) is -1.43. The number of ether oxygens (including phenoxy) is 1. The average molecular weight is 482 g/mol. The minimum atomic E-state index is -1.02. The Labute approximate surface area is 196 Å². The summed E-state index contributed by atoms with van der Waals surface area (Å²) in [6, 6.07) is 12.5. The molecule has 0 saturated carbocycles. The molecule has 8 nitrogen and oxygen atoms in total. The van der Waals surface area contributed by atoms with Gasteiger partial charge in [-0.25, -0.2) is 9.59 Å². The molecule has 1 aliphatic heterocycles. The molecule has 10 heteroatoms. The molecule has 0 radical (unpaired) electrons. The van der Waals surface area contributed by atoms with E-state index in [0.29, 0.717) is 35.1 Å². The summed E-state index contributed by atoms with van der Waals surface area (Å²) in [6.07, 6.45) is 0.376. The molecule has 2 atom stereocenters. The van der Waals surface area contributed by atoms with Crippen LogP contribution in [0.3, 0.4) is 0 Å². The number of alkyl carbamates (subject to hydrolysis) is 1. The number of carboxylic acids is 1. The molecule has 2 amide bonds. The van der Waals surface area contributed by atoms with E-state index < -0.39 is 30.1 Å². The van der Waals surface area contributed by atoms with Gasteiger partial charge in [-0.05, 0) is 43.5 Å². The van der Waals surface area contributed by atoms with Crippen LogP contribution in [0.5, 0.6) is 0 Å². The highest BCUT2D eigenvalue weighted by Gasteiger charge is 2.36. The minimum Gasteiger partial charge on any atom is -0.480 e. The third-order valence-corrected chi connectivity index (χ3v) is 5.26. The fraction of sp³-hybridized carbons (Fsp3) is 0.318. The third-order valence-electron chi connectivity index (χ3n) is 4.70. The van der Waals surface area contributed by atoms with Gasteiger partial charge >= 0.3 is 12.1 Å². The second-order valence-corrected chi connectivity index (χ2v) is 7.97. The first-order valence-corrected chi connectivity index (χ1v) is 10.7. The number of hydrogen-bond acceptors (Lipinski definition) is 5. The molecule has 1 saturated heterocycles. The molecule has 0 spiro atoms. The highest BCUT2D eigenvalue weighted by atomic mass is 35.5. The van der Waals surface area contributed by atoms with E-state index in [-0.39, 0.29) is 6.61 Å². The summed E-state index contributed by atoms with van der Waals surface area (Å²) in [7, 11) is 0. The van der Waals surface area contributed by atoms with Crippen LogP contribution >= 0.6 is 23.2 Å². The number of amides is 2. The molecule has 172 valence electrons. The molecule has 2 aromatic rings. The summed E-state index contributed by atoms with van der Waals surface area (Å²) in [4.78, 5) is 36.4. The van der Waals surface area contributed by atoms with E-state index in [2.05, 4.69) is 5.32 Å². The Morgan fingerprint density at radius 3 is 2.50 bits per heavy atom. The predicted octanol–water partition coefficient (Wildman–Crippen LogP) is 3.95. The van der Waals surface area contributed by atoms with Crippen molar-refractivity contribution in [2.45, 2.75) is 38.5 Å². The van der Waals surface area contributed by atoms with Gasteiger partial charge < -0.3 is 25.8 Å². The largest absolute Gasteiger partial charge is 0.480 e. The van der Waals surface area contributed by atoms with Crippen LogP contribution in [0.25, 0.3) is 0 Å². The van der Waals surface area contributed by atoms with Gasteiger partial charge in [0.05, 0.1) is 10.7 Å². The first-order chi connectivity index (χ1) is 15.2. The first-order valence-electron chi connectivity index (χ1n) is 9.90. The Morgan fingerprint density at radius 2 is 1.91 bits per heavy atom. The van der Waals surface area contributed by atoms with Crippen LogP contribution < -0.4 is 11.1 Å². The van der Waals surface area contributed by atoms with E-state index in [1.54, 1.807) is 18.2 Å². The molecule has 2 aromatic carbocycles. The highest BCUT2D eigenvalue weighted by Crippen LogP contribution is 2.22. The maximum atomic E-state index is 12.3. The molecule has 0 aliphatic carbocycles. The van der Waals surface area contributed by atoms with E-state index in [0.717, 1.165) is 5.56 Å². The van der Waals surface area contributed by atoms with Gasteiger partial charge in [-0.1, -0.05) is 53.5 Å². The number of nitrogens with zero attached hydrogens (tertiary/aromatic N) is 1. The number of likely N-dealkylation sites (tertiary alicyclic amines) is 1. The number of halogens is 2. The van der Waals surface area contributed by atoms with Crippen LogP contribution in [-0.2, 0) is 20.9 Å². The molecule has 1 fully saturated rings. The van der Waals surface area contributed by atoms with E-state index in [9.17, 15) is 14.4 Å². The zero-order chi connectivity index (χ0) is 23.7. The molecule has 1 heterocycles. The quantitative estimate of drug-likeness (QED) is 0.555. The first kappa shape index (κ1) is 25.3. The van der Waals surface area contributed by atoms with Crippen molar-refractivity contribution < 1.29 is 24.2 Å². The fourth-order valence-electron chi connectivity index (χ4n) is 3.04. The van der Waals surface area contributed by atoms with Gasteiger partial charge in [0.1, 0.15) is 18.7 Å². The Hall–Kier alpha value is -2.97. The lowest BCUT2D eigenvalue weighted by atomic mass is 10.2. The number of nitrogens with one attached hydrogen (secondary N) is 1. The topological polar surface area (TPSA) is 122 Å². The van der Waals surface area contributed by atoms with Crippen molar-refractivity contribution in [1.29, 1.82) is 0 Å². The van der Waals surface area contributed by atoms with Crippen LogP contribution in [0.4, 0.5) is 10.5 Å². The normalized spacial score (nSPS) is 15.8. The molecule has 1 aliphatic rings. The third kappa shape index (κ3) is 7.62. The van der Waals surface area contributed by atoms with Gasteiger partial charge in [-0.2, -0.15) is 0 Å². The van der Waals surface area contributed by atoms with E-state index in [1.165, 1.54) is 11.8 Å². The summed E-state index contributed by atoms with van der Waals surface area (Å²) in [5, 5.41) is 12.6. The number of carbonyl (C=O) groups is 3. The number of nitrogen functional groups attached to an aromatic ring is 1. The molecule has 0 bridgehead atoms. The van der Waals surface area contributed by atoms with E-state index in [1.807, 2.05) is 30.3 Å². The molecular formula is C22H25Cl2N3O5.